The molecule has 4 heterocycles. The SMILES string of the molecule is CCCCCCCCN1CC(C(=O)OCCCC)CC1=O.CCCCOC(=O)C1CC(=O)N(CCCC(=O)O)C1.CCCCOC(=O)C1CC(=O)N(CCCC(=O)O)C1.CCCCOC(=O)C1CC(=O)N(CCCO)C1. The van der Waals surface area contributed by atoms with E-state index in [0.29, 0.717) is 97.9 Å². The number of nitrogens with zero attached hydrogens (tertiary/aromatic N) is 4. The largest absolute Gasteiger partial charge is 0.481 e. The van der Waals surface area contributed by atoms with Crippen LogP contribution in [0.1, 0.15) is 182 Å². The van der Waals surface area contributed by atoms with Crippen LogP contribution >= 0.6 is 0 Å². The maximum atomic E-state index is 11.9. The van der Waals surface area contributed by atoms with Crippen LogP contribution in [0.4, 0.5) is 0 Å². The van der Waals surface area contributed by atoms with Crippen LogP contribution < -0.4 is 0 Å². The average Bonchev–Trinajstić information content (AvgIpc) is 4.17. The number of rotatable bonds is 34. The van der Waals surface area contributed by atoms with Gasteiger partial charge in [0.15, 0.2) is 0 Å². The van der Waals surface area contributed by atoms with Gasteiger partial charge in [-0.05, 0) is 51.4 Å². The van der Waals surface area contributed by atoms with Gasteiger partial charge < -0.3 is 53.9 Å². The number of carbonyl (C=O) groups excluding carboxylic acids is 8. The van der Waals surface area contributed by atoms with E-state index in [2.05, 4.69) is 13.8 Å². The zero-order valence-electron chi connectivity index (χ0n) is 46.6. The summed E-state index contributed by atoms with van der Waals surface area (Å²) >= 11 is 0. The van der Waals surface area contributed by atoms with Crippen LogP contribution in [-0.2, 0) is 66.9 Å². The zero-order valence-corrected chi connectivity index (χ0v) is 46.6. The molecule has 0 bridgehead atoms. The van der Waals surface area contributed by atoms with Crippen molar-refractivity contribution in [3.05, 3.63) is 0 Å². The molecule has 76 heavy (non-hydrogen) atoms. The van der Waals surface area contributed by atoms with Crippen molar-refractivity contribution in [2.45, 2.75) is 182 Å². The summed E-state index contributed by atoms with van der Waals surface area (Å²) < 4.78 is 20.5. The van der Waals surface area contributed by atoms with E-state index in [1.165, 1.54) is 32.1 Å². The molecule has 0 saturated carbocycles. The molecule has 4 aliphatic rings. The first-order valence-electron chi connectivity index (χ1n) is 28.3. The number of aliphatic hydroxyl groups is 1. The van der Waals surface area contributed by atoms with Crippen molar-refractivity contribution in [1.29, 1.82) is 0 Å². The molecule has 0 aromatic heterocycles. The standard InChI is InChI=1S/C17H31NO3.2C13H21NO5.C12H21NO4/c1-3-5-7-8-9-10-11-18-14-15(13-16(18)19)17(20)21-12-6-4-2;2*1-2-3-7-19-13(18)10-8-11(15)14(9-10)6-4-5-12(16)17;1-2-3-7-17-12(16)10-8-11(15)13(9-10)5-4-6-14/h15H,3-14H2,1-2H3;2*10H,2-9H2,1H3,(H,16,17);10,14H,2-9H2,1H3. The quantitative estimate of drug-likeness (QED) is 0.0368. The Morgan fingerprint density at radius 3 is 0.895 bits per heavy atom. The summed E-state index contributed by atoms with van der Waals surface area (Å²) in [6.45, 7) is 15.9. The smallest absolute Gasteiger partial charge is 0.311 e. The molecule has 4 aliphatic heterocycles. The third-order valence-electron chi connectivity index (χ3n) is 13.2. The van der Waals surface area contributed by atoms with Gasteiger partial charge in [0, 0.05) is 97.5 Å². The van der Waals surface area contributed by atoms with Crippen LogP contribution in [0.2, 0.25) is 0 Å². The van der Waals surface area contributed by atoms with Gasteiger partial charge in [-0.15, -0.1) is 0 Å². The lowest BCUT2D eigenvalue weighted by Crippen LogP contribution is -2.28. The number of ether oxygens (including phenoxy) is 4. The second-order valence-electron chi connectivity index (χ2n) is 19.9. The lowest BCUT2D eigenvalue weighted by atomic mass is 10.1. The zero-order chi connectivity index (χ0) is 56.7. The topological polar surface area (TPSA) is 281 Å². The maximum absolute atomic E-state index is 11.9. The summed E-state index contributed by atoms with van der Waals surface area (Å²) in [6.07, 6.45) is 17.0. The number of esters is 4. The Bertz CT molecular complexity index is 1700. The molecule has 4 fully saturated rings. The molecule has 4 unspecified atom stereocenters. The average molecular weight is 1080 g/mol. The summed E-state index contributed by atoms with van der Waals surface area (Å²) in [5.41, 5.74) is 0. The summed E-state index contributed by atoms with van der Waals surface area (Å²) in [4.78, 5) is 121. The summed E-state index contributed by atoms with van der Waals surface area (Å²) in [5.74, 6) is -4.28. The lowest BCUT2D eigenvalue weighted by molar-refractivity contribution is -0.149. The molecule has 4 atom stereocenters. The fourth-order valence-corrected chi connectivity index (χ4v) is 8.51. The highest BCUT2D eigenvalue weighted by molar-refractivity contribution is 5.89. The summed E-state index contributed by atoms with van der Waals surface area (Å²) in [6, 6.07) is 0. The van der Waals surface area contributed by atoms with E-state index in [4.69, 9.17) is 34.3 Å². The number of amides is 4. The van der Waals surface area contributed by atoms with E-state index in [0.717, 1.165) is 64.3 Å². The van der Waals surface area contributed by atoms with E-state index in [9.17, 15) is 47.9 Å². The number of aliphatic hydroxyl groups excluding tert-OH is 1. The number of likely N-dealkylation sites (tertiary alicyclic amines) is 4. The van der Waals surface area contributed by atoms with Gasteiger partial charge in [0.1, 0.15) is 0 Å². The molecule has 3 N–H and O–H groups in total. The van der Waals surface area contributed by atoms with Crippen molar-refractivity contribution in [1.82, 2.24) is 19.6 Å². The van der Waals surface area contributed by atoms with Crippen molar-refractivity contribution in [2.75, 3.05) is 85.4 Å². The summed E-state index contributed by atoms with van der Waals surface area (Å²) in [5, 5.41) is 25.8. The van der Waals surface area contributed by atoms with Gasteiger partial charge in [0.2, 0.25) is 23.6 Å². The normalized spacial score (nSPS) is 18.8. The molecule has 4 rings (SSSR count). The molecule has 436 valence electrons. The minimum Gasteiger partial charge on any atom is -0.481 e. The Hall–Kier alpha value is -5.34. The monoisotopic (exact) mass is 1080 g/mol. The van der Waals surface area contributed by atoms with Gasteiger partial charge in [-0.25, -0.2) is 0 Å². The highest BCUT2D eigenvalue weighted by Crippen LogP contribution is 2.23. The third kappa shape index (κ3) is 29.8. The molecule has 4 amide bonds. The Balaban J connectivity index is 0.000000508. The molecule has 0 aromatic carbocycles. The highest BCUT2D eigenvalue weighted by Gasteiger charge is 2.38. The van der Waals surface area contributed by atoms with Crippen LogP contribution in [-0.4, -0.2) is 180 Å². The van der Waals surface area contributed by atoms with Gasteiger partial charge in [-0.1, -0.05) is 92.4 Å². The third-order valence-corrected chi connectivity index (χ3v) is 13.2. The first-order chi connectivity index (χ1) is 36.5. The molecule has 0 radical (unpaired) electrons. The minimum atomic E-state index is -0.873. The predicted molar refractivity (Wildman–Crippen MR) is 281 cm³/mol. The number of carboxylic acids is 2. The second kappa shape index (κ2) is 41.8. The van der Waals surface area contributed by atoms with E-state index in [1.54, 1.807) is 14.7 Å². The van der Waals surface area contributed by atoms with Crippen LogP contribution in [0.5, 0.6) is 0 Å². The Morgan fingerprint density at radius 1 is 0.382 bits per heavy atom. The summed E-state index contributed by atoms with van der Waals surface area (Å²) in [7, 11) is 0. The Morgan fingerprint density at radius 2 is 0.632 bits per heavy atom. The van der Waals surface area contributed by atoms with Crippen LogP contribution in [0.15, 0.2) is 0 Å². The predicted octanol–water partition coefficient (Wildman–Crippen LogP) is 6.19. The Kier molecular flexibility index (Phi) is 37.7. The lowest BCUT2D eigenvalue weighted by Gasteiger charge is -2.16. The van der Waals surface area contributed by atoms with Crippen LogP contribution in [0.25, 0.3) is 0 Å². The Labute approximate surface area is 451 Å². The van der Waals surface area contributed by atoms with Gasteiger partial charge in [-0.2, -0.15) is 0 Å². The van der Waals surface area contributed by atoms with Crippen molar-refractivity contribution in [3.63, 3.8) is 0 Å². The fraction of sp³-hybridized carbons (Fsp3) is 0.818. The van der Waals surface area contributed by atoms with Crippen molar-refractivity contribution in [3.8, 4) is 0 Å². The number of aliphatic carboxylic acids is 2. The van der Waals surface area contributed by atoms with Gasteiger partial charge >= 0.3 is 35.8 Å². The molecule has 0 spiro atoms. The molecule has 21 nitrogen and oxygen atoms in total. The maximum Gasteiger partial charge on any atom is 0.311 e. The molecular formula is C55H94N4O17. The van der Waals surface area contributed by atoms with Crippen molar-refractivity contribution < 1.29 is 82.2 Å². The first-order valence-corrected chi connectivity index (χ1v) is 28.3. The van der Waals surface area contributed by atoms with E-state index >= 15 is 0 Å². The first kappa shape index (κ1) is 68.7. The number of carboxylic acid groups (broad SMARTS) is 2. The number of hydrogen-bond donors (Lipinski definition) is 3. The molecule has 0 aromatic rings. The molecular weight excluding hydrogens is 989 g/mol. The second-order valence-corrected chi connectivity index (χ2v) is 19.9. The molecule has 4 saturated heterocycles. The van der Waals surface area contributed by atoms with E-state index < -0.39 is 23.8 Å². The highest BCUT2D eigenvalue weighted by atomic mass is 16.5. The van der Waals surface area contributed by atoms with Gasteiger partial charge in [0.25, 0.3) is 0 Å². The van der Waals surface area contributed by atoms with Crippen LogP contribution in [0, 0.1) is 23.7 Å². The van der Waals surface area contributed by atoms with Crippen molar-refractivity contribution in [2.24, 2.45) is 23.7 Å². The molecule has 21 heteroatoms. The number of carbonyl (C=O) groups is 10. The van der Waals surface area contributed by atoms with Gasteiger partial charge in [0.05, 0.1) is 50.1 Å². The molecule has 0 aliphatic carbocycles. The fourth-order valence-electron chi connectivity index (χ4n) is 8.51. The van der Waals surface area contributed by atoms with Crippen LogP contribution in [0.3, 0.4) is 0 Å². The number of hydrogen-bond acceptors (Lipinski definition) is 15. The van der Waals surface area contributed by atoms with E-state index in [-0.39, 0.29) is 98.1 Å². The number of unbranched alkanes of at least 4 members (excludes halogenated alkanes) is 9. The minimum absolute atomic E-state index is 0.0177. The van der Waals surface area contributed by atoms with Crippen molar-refractivity contribution >= 4 is 59.4 Å². The van der Waals surface area contributed by atoms with Gasteiger partial charge in [-0.3, -0.25) is 47.9 Å². The van der Waals surface area contributed by atoms with E-state index in [1.807, 2.05) is 25.7 Å².